The van der Waals surface area contributed by atoms with E-state index in [1.807, 2.05) is 62.4 Å². The molecule has 0 atom stereocenters. The molecule has 0 radical (unpaired) electrons. The molecule has 0 unspecified atom stereocenters. The molecule has 3 rings (SSSR count). The Labute approximate surface area is 195 Å². The molecule has 0 spiro atoms. The summed E-state index contributed by atoms with van der Waals surface area (Å²) in [5.74, 6) is 0.265. The van der Waals surface area contributed by atoms with Crippen LogP contribution in [-0.2, 0) is 4.79 Å². The Balaban J connectivity index is 1.48. The number of anilines is 2. The van der Waals surface area contributed by atoms with E-state index in [0.29, 0.717) is 15.9 Å². The number of nitrogens with zero attached hydrogens (tertiary/aromatic N) is 1. The van der Waals surface area contributed by atoms with E-state index in [2.05, 4.69) is 37.1 Å². The van der Waals surface area contributed by atoms with E-state index in [-0.39, 0.29) is 12.5 Å². The van der Waals surface area contributed by atoms with Gasteiger partial charge >= 0.3 is 6.03 Å². The Hall–Kier alpha value is -3.65. The average molecular weight is 495 g/mol. The second-order valence-electron chi connectivity index (χ2n) is 7.03. The van der Waals surface area contributed by atoms with Gasteiger partial charge in [0.1, 0.15) is 5.75 Å². The number of hydrogen-bond acceptors (Lipinski definition) is 4. The molecule has 0 aliphatic heterocycles. The van der Waals surface area contributed by atoms with Gasteiger partial charge in [-0.3, -0.25) is 4.79 Å². The lowest BCUT2D eigenvalue weighted by Gasteiger charge is -2.10. The molecular weight excluding hydrogens is 472 g/mol. The van der Waals surface area contributed by atoms with E-state index in [9.17, 15) is 9.59 Å². The first kappa shape index (κ1) is 23.0. The van der Waals surface area contributed by atoms with Gasteiger partial charge in [-0.25, -0.2) is 10.2 Å². The van der Waals surface area contributed by atoms with E-state index >= 15 is 0 Å². The van der Waals surface area contributed by atoms with Crippen LogP contribution in [0.3, 0.4) is 0 Å². The van der Waals surface area contributed by atoms with Crippen molar-refractivity contribution in [2.24, 2.45) is 5.10 Å². The number of amides is 3. The Morgan fingerprint density at radius 2 is 1.75 bits per heavy atom. The maximum atomic E-state index is 12.1. The van der Waals surface area contributed by atoms with Crippen LogP contribution in [0, 0.1) is 13.8 Å². The zero-order chi connectivity index (χ0) is 22.9. The summed E-state index contributed by atoms with van der Waals surface area (Å²) in [4.78, 5) is 24.1. The number of hydrazone groups is 1. The quantitative estimate of drug-likeness (QED) is 0.309. The second kappa shape index (κ2) is 11.1. The highest BCUT2D eigenvalue weighted by atomic mass is 79.9. The zero-order valence-corrected chi connectivity index (χ0v) is 19.3. The lowest BCUT2D eigenvalue weighted by Crippen LogP contribution is -2.24. The summed E-state index contributed by atoms with van der Waals surface area (Å²) >= 11 is 3.43. The van der Waals surface area contributed by atoms with Gasteiger partial charge < -0.3 is 15.4 Å². The van der Waals surface area contributed by atoms with Gasteiger partial charge in [0.2, 0.25) is 0 Å². The molecule has 7 nitrogen and oxygen atoms in total. The molecule has 0 bridgehead atoms. The predicted molar refractivity (Wildman–Crippen MR) is 130 cm³/mol. The highest BCUT2D eigenvalue weighted by Crippen LogP contribution is 2.25. The number of aryl methyl sites for hydroxylation is 2. The summed E-state index contributed by atoms with van der Waals surface area (Å²) in [7, 11) is 0. The first-order valence-corrected chi connectivity index (χ1v) is 10.6. The molecule has 0 saturated heterocycles. The molecule has 32 heavy (non-hydrogen) atoms. The van der Waals surface area contributed by atoms with Crippen molar-refractivity contribution in [3.05, 3.63) is 87.9 Å². The average Bonchev–Trinajstić information content (AvgIpc) is 2.76. The van der Waals surface area contributed by atoms with E-state index in [1.54, 1.807) is 18.2 Å². The first-order chi connectivity index (χ1) is 15.4. The van der Waals surface area contributed by atoms with Gasteiger partial charge in [0, 0.05) is 11.4 Å². The Kier molecular flexibility index (Phi) is 7.99. The van der Waals surface area contributed by atoms with Crippen LogP contribution in [0.5, 0.6) is 5.75 Å². The first-order valence-electron chi connectivity index (χ1n) is 9.85. The van der Waals surface area contributed by atoms with Crippen LogP contribution in [0.2, 0.25) is 0 Å². The zero-order valence-electron chi connectivity index (χ0n) is 17.7. The van der Waals surface area contributed by atoms with Gasteiger partial charge in [-0.15, -0.1) is 0 Å². The molecule has 3 aromatic rings. The number of urea groups is 1. The molecule has 0 saturated carbocycles. The van der Waals surface area contributed by atoms with Crippen LogP contribution in [-0.4, -0.2) is 24.8 Å². The van der Waals surface area contributed by atoms with Gasteiger partial charge in [0.25, 0.3) is 5.91 Å². The van der Waals surface area contributed by atoms with Gasteiger partial charge in [-0.1, -0.05) is 35.9 Å². The summed E-state index contributed by atoms with van der Waals surface area (Å²) in [6.07, 6.45) is 1.51. The minimum Gasteiger partial charge on any atom is -0.483 e. The third kappa shape index (κ3) is 6.95. The van der Waals surface area contributed by atoms with Crippen molar-refractivity contribution in [2.75, 3.05) is 17.2 Å². The van der Waals surface area contributed by atoms with E-state index in [1.165, 1.54) is 6.21 Å². The highest BCUT2D eigenvalue weighted by molar-refractivity contribution is 9.10. The Morgan fingerprint density at radius 3 is 2.47 bits per heavy atom. The lowest BCUT2D eigenvalue weighted by atomic mass is 10.2. The molecule has 0 fully saturated rings. The van der Waals surface area contributed by atoms with Gasteiger partial charge in [0.15, 0.2) is 6.61 Å². The molecule has 0 aromatic heterocycles. The number of carbonyl (C=O) groups is 2. The number of halogens is 1. The molecule has 0 aliphatic rings. The minimum absolute atomic E-state index is 0.124. The smallest absolute Gasteiger partial charge is 0.339 e. The van der Waals surface area contributed by atoms with Gasteiger partial charge in [-0.2, -0.15) is 5.10 Å². The summed E-state index contributed by atoms with van der Waals surface area (Å²) in [6.45, 7) is 3.77. The number of rotatable bonds is 7. The van der Waals surface area contributed by atoms with Crippen molar-refractivity contribution in [3.8, 4) is 5.75 Å². The fourth-order valence-corrected chi connectivity index (χ4v) is 3.23. The van der Waals surface area contributed by atoms with Crippen LogP contribution in [0.1, 0.15) is 16.7 Å². The molecule has 164 valence electrons. The largest absolute Gasteiger partial charge is 0.483 e. The van der Waals surface area contributed by atoms with E-state index in [4.69, 9.17) is 4.74 Å². The van der Waals surface area contributed by atoms with Crippen LogP contribution < -0.4 is 20.8 Å². The third-order valence-corrected chi connectivity index (χ3v) is 5.04. The van der Waals surface area contributed by atoms with E-state index < -0.39 is 6.03 Å². The summed E-state index contributed by atoms with van der Waals surface area (Å²) < 4.78 is 6.25. The van der Waals surface area contributed by atoms with Crippen LogP contribution >= 0.6 is 15.9 Å². The fourth-order valence-electron chi connectivity index (χ4n) is 2.72. The van der Waals surface area contributed by atoms with Crippen molar-refractivity contribution in [1.82, 2.24) is 5.43 Å². The number of hydrogen-bond donors (Lipinski definition) is 3. The molecule has 3 aromatic carbocycles. The minimum atomic E-state index is -0.436. The van der Waals surface area contributed by atoms with Crippen molar-refractivity contribution < 1.29 is 14.3 Å². The van der Waals surface area contributed by atoms with Crippen molar-refractivity contribution >= 4 is 45.5 Å². The normalized spacial score (nSPS) is 10.6. The highest BCUT2D eigenvalue weighted by Gasteiger charge is 2.07. The fraction of sp³-hybridized carbons (Fsp3) is 0.125. The molecule has 3 N–H and O–H groups in total. The topological polar surface area (TPSA) is 91.8 Å². The monoisotopic (exact) mass is 494 g/mol. The van der Waals surface area contributed by atoms with E-state index in [0.717, 1.165) is 22.4 Å². The standard InChI is InChI=1S/C24H23BrN4O3/c1-16-7-10-19(11-8-16)27-23(30)15-32-22-12-9-18(13-20(22)25)14-26-29-24(31)28-21-6-4-3-5-17(21)2/h3-14H,15H2,1-2H3,(H,27,30)(H2,28,29,31). The summed E-state index contributed by atoms with van der Waals surface area (Å²) in [5, 5.41) is 9.47. The van der Waals surface area contributed by atoms with Crippen LogP contribution in [0.25, 0.3) is 0 Å². The van der Waals surface area contributed by atoms with Crippen molar-refractivity contribution in [2.45, 2.75) is 13.8 Å². The Morgan fingerprint density at radius 1 is 1.00 bits per heavy atom. The summed E-state index contributed by atoms with van der Waals surface area (Å²) in [5.41, 5.74) is 6.68. The lowest BCUT2D eigenvalue weighted by molar-refractivity contribution is -0.118. The maximum Gasteiger partial charge on any atom is 0.339 e. The number of nitrogens with one attached hydrogen (secondary N) is 3. The molecule has 0 heterocycles. The SMILES string of the molecule is Cc1ccc(NC(=O)COc2ccc(C=NNC(=O)Nc3ccccc3C)cc2Br)cc1. The predicted octanol–water partition coefficient (Wildman–Crippen LogP) is 5.24. The van der Waals surface area contributed by atoms with Crippen molar-refractivity contribution in [3.63, 3.8) is 0 Å². The van der Waals surface area contributed by atoms with Gasteiger partial charge in [-0.05, 0) is 77.3 Å². The maximum absolute atomic E-state index is 12.1. The third-order valence-electron chi connectivity index (χ3n) is 4.42. The second-order valence-corrected chi connectivity index (χ2v) is 7.89. The van der Waals surface area contributed by atoms with Gasteiger partial charge in [0.05, 0.1) is 10.7 Å². The molecule has 8 heteroatoms. The van der Waals surface area contributed by atoms with Crippen LogP contribution in [0.4, 0.5) is 16.2 Å². The van der Waals surface area contributed by atoms with Crippen LogP contribution in [0.15, 0.2) is 76.3 Å². The summed E-state index contributed by atoms with van der Waals surface area (Å²) in [6, 6.07) is 19.8. The van der Waals surface area contributed by atoms with Crippen molar-refractivity contribution in [1.29, 1.82) is 0 Å². The number of ether oxygens (including phenoxy) is 1. The number of benzene rings is 3. The Bertz CT molecular complexity index is 1130. The molecular formula is C24H23BrN4O3. The number of carbonyl (C=O) groups excluding carboxylic acids is 2. The number of para-hydroxylation sites is 1. The molecule has 3 amide bonds. The molecule has 0 aliphatic carbocycles.